The van der Waals surface area contributed by atoms with Crippen LogP contribution < -0.4 is 5.32 Å². The molecule has 0 bridgehead atoms. The largest absolute Gasteiger partial charge is 0.307 e. The Morgan fingerprint density at radius 1 is 0.913 bits per heavy atom. The fraction of sp³-hybridized carbons (Fsp3) is 0.176. The Morgan fingerprint density at radius 2 is 1.52 bits per heavy atom. The van der Waals surface area contributed by atoms with Crippen molar-refractivity contribution < 1.29 is 4.39 Å². The Morgan fingerprint density at radius 3 is 2.17 bits per heavy atom. The SMILES string of the molecule is CC(C)c1ccc2nc(Nc3nc4ccc(F)cc4s3)sc2c1. The minimum absolute atomic E-state index is 0.242. The number of halogens is 1. The van der Waals surface area contributed by atoms with Gasteiger partial charge in [-0.1, -0.05) is 42.6 Å². The molecule has 23 heavy (non-hydrogen) atoms. The quantitative estimate of drug-likeness (QED) is 0.502. The number of hydrogen-bond donors (Lipinski definition) is 1. The molecule has 1 N–H and O–H groups in total. The van der Waals surface area contributed by atoms with Gasteiger partial charge in [0.2, 0.25) is 0 Å². The van der Waals surface area contributed by atoms with Crippen molar-refractivity contribution in [1.29, 1.82) is 0 Å². The Labute approximate surface area is 140 Å². The molecule has 0 fully saturated rings. The molecule has 116 valence electrons. The Hall–Kier alpha value is -2.05. The lowest BCUT2D eigenvalue weighted by molar-refractivity contribution is 0.630. The lowest BCUT2D eigenvalue weighted by atomic mass is 10.0. The smallest absolute Gasteiger partial charge is 0.190 e. The Balaban J connectivity index is 1.68. The first-order valence-electron chi connectivity index (χ1n) is 7.32. The Bertz CT molecular complexity index is 1000. The summed E-state index contributed by atoms with van der Waals surface area (Å²) in [5.74, 6) is 0.256. The van der Waals surface area contributed by atoms with Crippen molar-refractivity contribution >= 4 is 53.4 Å². The van der Waals surface area contributed by atoms with Gasteiger partial charge in [0, 0.05) is 0 Å². The van der Waals surface area contributed by atoms with E-state index in [-0.39, 0.29) is 5.82 Å². The van der Waals surface area contributed by atoms with Gasteiger partial charge >= 0.3 is 0 Å². The number of nitrogens with zero attached hydrogens (tertiary/aromatic N) is 2. The van der Waals surface area contributed by atoms with Gasteiger partial charge in [0.15, 0.2) is 10.3 Å². The summed E-state index contributed by atoms with van der Waals surface area (Å²) in [4.78, 5) is 9.07. The predicted molar refractivity (Wildman–Crippen MR) is 96.6 cm³/mol. The van der Waals surface area contributed by atoms with Gasteiger partial charge in [0.25, 0.3) is 0 Å². The summed E-state index contributed by atoms with van der Waals surface area (Å²) in [5.41, 5.74) is 3.08. The average Bonchev–Trinajstić information content (AvgIpc) is 3.08. The molecule has 0 radical (unpaired) electrons. The third kappa shape index (κ3) is 2.80. The van der Waals surface area contributed by atoms with E-state index < -0.39 is 0 Å². The second-order valence-corrected chi connectivity index (χ2v) is 7.72. The summed E-state index contributed by atoms with van der Waals surface area (Å²) in [7, 11) is 0. The first kappa shape index (κ1) is 14.5. The minimum atomic E-state index is -0.242. The summed E-state index contributed by atoms with van der Waals surface area (Å²) in [6.45, 7) is 4.36. The molecule has 3 nitrogen and oxygen atoms in total. The number of thiazole rings is 2. The van der Waals surface area contributed by atoms with E-state index in [1.807, 2.05) is 0 Å². The second kappa shape index (κ2) is 5.54. The number of aromatic nitrogens is 2. The summed E-state index contributed by atoms with van der Waals surface area (Å²) < 4.78 is 15.3. The van der Waals surface area contributed by atoms with E-state index in [1.165, 1.54) is 29.0 Å². The van der Waals surface area contributed by atoms with Crippen LogP contribution >= 0.6 is 22.7 Å². The normalized spacial score (nSPS) is 11.7. The molecule has 4 aromatic rings. The van der Waals surface area contributed by atoms with Crippen molar-refractivity contribution in [2.75, 3.05) is 5.32 Å². The van der Waals surface area contributed by atoms with E-state index >= 15 is 0 Å². The van der Waals surface area contributed by atoms with Gasteiger partial charge in [0.1, 0.15) is 5.82 Å². The predicted octanol–water partition coefficient (Wildman–Crippen LogP) is 5.91. The van der Waals surface area contributed by atoms with Gasteiger partial charge in [-0.3, -0.25) is 0 Å². The van der Waals surface area contributed by atoms with Crippen LogP contribution in [-0.4, -0.2) is 9.97 Å². The average molecular weight is 343 g/mol. The highest BCUT2D eigenvalue weighted by Crippen LogP contribution is 2.33. The standard InChI is InChI=1S/C17H14FN3S2/c1-9(2)10-3-5-12-14(7-10)22-16(19-12)21-17-20-13-6-4-11(18)8-15(13)23-17/h3-9H,1-2H3,(H,19,20,21). The van der Waals surface area contributed by atoms with E-state index in [0.717, 1.165) is 30.7 Å². The molecule has 2 heterocycles. The fourth-order valence-electron chi connectivity index (χ4n) is 2.40. The summed E-state index contributed by atoms with van der Waals surface area (Å²) in [6, 6.07) is 11.0. The van der Waals surface area contributed by atoms with Crippen LogP contribution in [0, 0.1) is 5.82 Å². The molecule has 0 aliphatic rings. The van der Waals surface area contributed by atoms with Crippen molar-refractivity contribution in [3.63, 3.8) is 0 Å². The maximum absolute atomic E-state index is 13.3. The molecular formula is C17H14FN3S2. The van der Waals surface area contributed by atoms with E-state index in [4.69, 9.17) is 0 Å². The highest BCUT2D eigenvalue weighted by Gasteiger charge is 2.10. The monoisotopic (exact) mass is 343 g/mol. The van der Waals surface area contributed by atoms with Crippen LogP contribution in [0.1, 0.15) is 25.3 Å². The number of nitrogens with one attached hydrogen (secondary N) is 1. The van der Waals surface area contributed by atoms with Crippen molar-refractivity contribution in [2.45, 2.75) is 19.8 Å². The number of fused-ring (bicyclic) bond motifs is 2. The van der Waals surface area contributed by atoms with Crippen LogP contribution in [0.3, 0.4) is 0 Å². The lowest BCUT2D eigenvalue weighted by Gasteiger charge is -2.03. The molecule has 0 spiro atoms. The van der Waals surface area contributed by atoms with E-state index in [1.54, 1.807) is 17.4 Å². The fourth-order valence-corrected chi connectivity index (χ4v) is 4.26. The molecule has 0 aliphatic heterocycles. The zero-order valence-corrected chi connectivity index (χ0v) is 14.3. The molecule has 0 amide bonds. The van der Waals surface area contributed by atoms with E-state index in [2.05, 4.69) is 47.3 Å². The number of benzene rings is 2. The summed E-state index contributed by atoms with van der Waals surface area (Å²) >= 11 is 3.04. The maximum Gasteiger partial charge on any atom is 0.190 e. The third-order valence-electron chi connectivity index (χ3n) is 3.64. The van der Waals surface area contributed by atoms with Crippen molar-refractivity contribution in [2.24, 2.45) is 0 Å². The van der Waals surface area contributed by atoms with Crippen LogP contribution in [0.2, 0.25) is 0 Å². The van der Waals surface area contributed by atoms with Crippen molar-refractivity contribution in [3.05, 3.63) is 47.8 Å². The van der Waals surface area contributed by atoms with Crippen LogP contribution in [0.15, 0.2) is 36.4 Å². The molecule has 6 heteroatoms. The van der Waals surface area contributed by atoms with Crippen molar-refractivity contribution in [1.82, 2.24) is 9.97 Å². The van der Waals surface area contributed by atoms with Gasteiger partial charge in [-0.15, -0.1) is 0 Å². The minimum Gasteiger partial charge on any atom is -0.307 e. The first-order valence-corrected chi connectivity index (χ1v) is 8.95. The van der Waals surface area contributed by atoms with E-state index in [0.29, 0.717) is 5.92 Å². The lowest BCUT2D eigenvalue weighted by Crippen LogP contribution is -1.87. The van der Waals surface area contributed by atoms with Crippen LogP contribution in [0.5, 0.6) is 0 Å². The van der Waals surface area contributed by atoms with Gasteiger partial charge < -0.3 is 5.32 Å². The molecule has 2 aromatic carbocycles. The molecule has 0 saturated carbocycles. The molecule has 0 atom stereocenters. The van der Waals surface area contributed by atoms with Gasteiger partial charge in [-0.2, -0.15) is 0 Å². The Kier molecular flexibility index (Phi) is 3.50. The van der Waals surface area contributed by atoms with E-state index in [9.17, 15) is 4.39 Å². The number of hydrogen-bond acceptors (Lipinski definition) is 5. The first-order chi connectivity index (χ1) is 11.1. The van der Waals surface area contributed by atoms with Crippen molar-refractivity contribution in [3.8, 4) is 0 Å². The zero-order chi connectivity index (χ0) is 16.0. The maximum atomic E-state index is 13.3. The zero-order valence-electron chi connectivity index (χ0n) is 12.6. The second-order valence-electron chi connectivity index (χ2n) is 5.66. The van der Waals surface area contributed by atoms with Crippen LogP contribution in [-0.2, 0) is 0 Å². The summed E-state index contributed by atoms with van der Waals surface area (Å²) in [6.07, 6.45) is 0. The third-order valence-corrected chi connectivity index (χ3v) is 5.51. The highest BCUT2D eigenvalue weighted by molar-refractivity contribution is 7.24. The molecule has 0 unspecified atom stereocenters. The molecular weight excluding hydrogens is 329 g/mol. The van der Waals surface area contributed by atoms with Crippen LogP contribution in [0.4, 0.5) is 14.7 Å². The van der Waals surface area contributed by atoms with Gasteiger partial charge in [-0.05, 0) is 41.8 Å². The summed E-state index contributed by atoms with van der Waals surface area (Å²) in [5, 5.41) is 4.78. The van der Waals surface area contributed by atoms with Gasteiger partial charge in [-0.25, -0.2) is 14.4 Å². The van der Waals surface area contributed by atoms with Crippen LogP contribution in [0.25, 0.3) is 20.4 Å². The molecule has 2 aromatic heterocycles. The molecule has 4 rings (SSSR count). The number of anilines is 2. The number of rotatable bonds is 3. The molecule has 0 aliphatic carbocycles. The highest BCUT2D eigenvalue weighted by atomic mass is 32.1. The topological polar surface area (TPSA) is 37.8 Å². The molecule has 0 saturated heterocycles. The van der Waals surface area contributed by atoms with Gasteiger partial charge in [0.05, 0.1) is 20.4 Å².